The quantitative estimate of drug-likeness (QED) is 0.695. The smallest absolute Gasteiger partial charge is 0.164 e. The standard InChI is InChI=1S/C16H18BrN5O2/c1-10(24-12-6-4-11(23-3)5-7-12)8-18-15-13-14(17)21-22(2)16(13)20-9-19-15/h4-7,9-10H,8H2,1-3H3,(H,18,19,20). The molecule has 0 saturated carbocycles. The zero-order valence-corrected chi connectivity index (χ0v) is 15.2. The number of rotatable bonds is 6. The molecule has 1 unspecified atom stereocenters. The molecular formula is C16H18BrN5O2. The molecule has 8 heteroatoms. The Hall–Kier alpha value is -2.35. The Morgan fingerprint density at radius 1 is 1.21 bits per heavy atom. The number of ether oxygens (including phenoxy) is 2. The monoisotopic (exact) mass is 391 g/mol. The molecule has 3 rings (SSSR count). The lowest BCUT2D eigenvalue weighted by Gasteiger charge is -2.16. The van der Waals surface area contributed by atoms with Crippen molar-refractivity contribution in [3.8, 4) is 11.5 Å². The van der Waals surface area contributed by atoms with Crippen LogP contribution in [0.15, 0.2) is 35.2 Å². The molecule has 126 valence electrons. The van der Waals surface area contributed by atoms with Gasteiger partial charge in [0.25, 0.3) is 0 Å². The fraction of sp³-hybridized carbons (Fsp3) is 0.312. The predicted octanol–water partition coefficient (Wildman–Crippen LogP) is 3.01. The number of anilines is 1. The minimum Gasteiger partial charge on any atom is -0.497 e. The number of hydrogen-bond acceptors (Lipinski definition) is 6. The third kappa shape index (κ3) is 3.43. The molecule has 0 bridgehead atoms. The van der Waals surface area contributed by atoms with Gasteiger partial charge < -0.3 is 14.8 Å². The number of nitrogens with zero attached hydrogens (tertiary/aromatic N) is 4. The molecule has 0 saturated heterocycles. The van der Waals surface area contributed by atoms with Crippen LogP contribution >= 0.6 is 15.9 Å². The highest BCUT2D eigenvalue weighted by Gasteiger charge is 2.14. The van der Waals surface area contributed by atoms with Crippen molar-refractivity contribution in [3.05, 3.63) is 35.2 Å². The molecule has 0 aliphatic carbocycles. The van der Waals surface area contributed by atoms with Crippen LogP contribution < -0.4 is 14.8 Å². The summed E-state index contributed by atoms with van der Waals surface area (Å²) < 4.78 is 13.5. The Kier molecular flexibility index (Phi) is 4.84. The zero-order valence-electron chi connectivity index (χ0n) is 13.7. The number of aryl methyl sites for hydroxylation is 1. The van der Waals surface area contributed by atoms with Gasteiger partial charge in [0.1, 0.15) is 34.4 Å². The predicted molar refractivity (Wildman–Crippen MR) is 95.6 cm³/mol. The van der Waals surface area contributed by atoms with Gasteiger partial charge in [-0.15, -0.1) is 0 Å². The third-order valence-corrected chi connectivity index (χ3v) is 4.09. The van der Waals surface area contributed by atoms with E-state index in [-0.39, 0.29) is 6.10 Å². The van der Waals surface area contributed by atoms with Crippen LogP contribution in [-0.2, 0) is 7.05 Å². The summed E-state index contributed by atoms with van der Waals surface area (Å²) in [6.07, 6.45) is 1.48. The van der Waals surface area contributed by atoms with Gasteiger partial charge in [0.15, 0.2) is 5.65 Å². The summed E-state index contributed by atoms with van der Waals surface area (Å²) in [6, 6.07) is 7.51. The number of methoxy groups -OCH3 is 1. The average Bonchev–Trinajstić information content (AvgIpc) is 2.89. The third-order valence-electron chi connectivity index (χ3n) is 3.53. The summed E-state index contributed by atoms with van der Waals surface area (Å²) in [5, 5.41) is 8.47. The molecule has 1 N–H and O–H groups in total. The molecule has 1 aromatic carbocycles. The molecule has 0 fully saturated rings. The van der Waals surface area contributed by atoms with E-state index >= 15 is 0 Å². The van der Waals surface area contributed by atoms with Gasteiger partial charge in [0.05, 0.1) is 19.0 Å². The average molecular weight is 392 g/mol. The van der Waals surface area contributed by atoms with E-state index in [4.69, 9.17) is 9.47 Å². The Morgan fingerprint density at radius 2 is 1.92 bits per heavy atom. The first-order valence-electron chi connectivity index (χ1n) is 7.46. The maximum Gasteiger partial charge on any atom is 0.164 e. The van der Waals surface area contributed by atoms with Crippen molar-refractivity contribution < 1.29 is 9.47 Å². The number of hydrogen-bond donors (Lipinski definition) is 1. The molecule has 0 radical (unpaired) electrons. The maximum absolute atomic E-state index is 5.89. The fourth-order valence-electron chi connectivity index (χ4n) is 2.34. The maximum atomic E-state index is 5.89. The number of benzene rings is 1. The molecule has 0 aliphatic rings. The summed E-state index contributed by atoms with van der Waals surface area (Å²) in [7, 11) is 3.49. The van der Waals surface area contributed by atoms with Crippen molar-refractivity contribution in [1.82, 2.24) is 19.7 Å². The topological polar surface area (TPSA) is 74.1 Å². The van der Waals surface area contributed by atoms with Crippen molar-refractivity contribution in [1.29, 1.82) is 0 Å². The van der Waals surface area contributed by atoms with E-state index in [1.165, 1.54) is 6.33 Å². The summed E-state index contributed by atoms with van der Waals surface area (Å²) in [5.74, 6) is 2.32. The number of aromatic nitrogens is 4. The van der Waals surface area contributed by atoms with Crippen molar-refractivity contribution in [2.24, 2.45) is 7.05 Å². The van der Waals surface area contributed by atoms with Crippen LogP contribution in [0.4, 0.5) is 5.82 Å². The second-order valence-electron chi connectivity index (χ2n) is 5.32. The minimum absolute atomic E-state index is 0.0427. The van der Waals surface area contributed by atoms with E-state index in [1.807, 2.05) is 38.2 Å². The second kappa shape index (κ2) is 7.04. The molecular weight excluding hydrogens is 374 g/mol. The fourth-order valence-corrected chi connectivity index (χ4v) is 2.95. The summed E-state index contributed by atoms with van der Waals surface area (Å²) in [5.41, 5.74) is 0.767. The lowest BCUT2D eigenvalue weighted by Crippen LogP contribution is -2.23. The van der Waals surface area contributed by atoms with Gasteiger partial charge in [-0.1, -0.05) is 0 Å². The highest BCUT2D eigenvalue weighted by atomic mass is 79.9. The molecule has 7 nitrogen and oxygen atoms in total. The van der Waals surface area contributed by atoms with E-state index < -0.39 is 0 Å². The van der Waals surface area contributed by atoms with Gasteiger partial charge in [-0.2, -0.15) is 5.10 Å². The van der Waals surface area contributed by atoms with E-state index in [0.29, 0.717) is 11.1 Å². The number of halogens is 1. The van der Waals surface area contributed by atoms with Crippen LogP contribution in [0.3, 0.4) is 0 Å². The molecule has 0 amide bonds. The van der Waals surface area contributed by atoms with E-state index in [2.05, 4.69) is 36.3 Å². The molecule has 24 heavy (non-hydrogen) atoms. The SMILES string of the molecule is COc1ccc(OC(C)CNc2ncnc3c2c(Br)nn3C)cc1. The van der Waals surface area contributed by atoms with Crippen LogP contribution in [0.25, 0.3) is 11.0 Å². The van der Waals surface area contributed by atoms with Gasteiger partial charge in [-0.25, -0.2) is 14.6 Å². The largest absolute Gasteiger partial charge is 0.497 e. The molecule has 3 aromatic rings. The lowest BCUT2D eigenvalue weighted by molar-refractivity contribution is 0.234. The zero-order chi connectivity index (χ0) is 17.1. The number of nitrogens with one attached hydrogen (secondary N) is 1. The molecule has 0 spiro atoms. The van der Waals surface area contributed by atoms with Crippen LogP contribution in [-0.4, -0.2) is 39.5 Å². The van der Waals surface area contributed by atoms with Gasteiger partial charge in [-0.05, 0) is 47.1 Å². The second-order valence-corrected chi connectivity index (χ2v) is 6.07. The van der Waals surface area contributed by atoms with Crippen molar-refractivity contribution in [2.45, 2.75) is 13.0 Å². The Labute approximate surface area is 148 Å². The number of fused-ring (bicyclic) bond motifs is 1. The van der Waals surface area contributed by atoms with E-state index in [1.54, 1.807) is 11.8 Å². The summed E-state index contributed by atoms with van der Waals surface area (Å²) in [6.45, 7) is 2.59. The van der Waals surface area contributed by atoms with E-state index in [0.717, 1.165) is 28.4 Å². The van der Waals surface area contributed by atoms with Gasteiger partial charge in [0, 0.05) is 7.05 Å². The van der Waals surface area contributed by atoms with Crippen LogP contribution in [0.1, 0.15) is 6.92 Å². The van der Waals surface area contributed by atoms with Crippen LogP contribution in [0.5, 0.6) is 11.5 Å². The van der Waals surface area contributed by atoms with Crippen LogP contribution in [0.2, 0.25) is 0 Å². The first kappa shape index (κ1) is 16.5. The Balaban J connectivity index is 1.67. The van der Waals surface area contributed by atoms with Crippen LogP contribution in [0, 0.1) is 0 Å². The molecule has 1 atom stereocenters. The minimum atomic E-state index is -0.0427. The van der Waals surface area contributed by atoms with Gasteiger partial charge in [0.2, 0.25) is 0 Å². The van der Waals surface area contributed by atoms with Crippen molar-refractivity contribution >= 4 is 32.8 Å². The summed E-state index contributed by atoms with van der Waals surface area (Å²) >= 11 is 3.45. The summed E-state index contributed by atoms with van der Waals surface area (Å²) in [4.78, 5) is 8.55. The highest BCUT2D eigenvalue weighted by Crippen LogP contribution is 2.26. The first-order valence-corrected chi connectivity index (χ1v) is 8.25. The Bertz CT molecular complexity index is 834. The molecule has 0 aliphatic heterocycles. The highest BCUT2D eigenvalue weighted by molar-refractivity contribution is 9.10. The molecule has 2 heterocycles. The van der Waals surface area contributed by atoms with Crippen molar-refractivity contribution in [3.63, 3.8) is 0 Å². The van der Waals surface area contributed by atoms with Gasteiger partial charge >= 0.3 is 0 Å². The van der Waals surface area contributed by atoms with E-state index in [9.17, 15) is 0 Å². The van der Waals surface area contributed by atoms with Crippen molar-refractivity contribution in [2.75, 3.05) is 19.0 Å². The normalized spacial score (nSPS) is 12.2. The Morgan fingerprint density at radius 3 is 2.62 bits per heavy atom. The molecule has 2 aromatic heterocycles. The van der Waals surface area contributed by atoms with Gasteiger partial charge in [-0.3, -0.25) is 0 Å². The lowest BCUT2D eigenvalue weighted by atomic mass is 10.3. The first-order chi connectivity index (χ1) is 11.6.